The van der Waals surface area contributed by atoms with Crippen LogP contribution in [-0.2, 0) is 24.9 Å². The van der Waals surface area contributed by atoms with Crippen molar-refractivity contribution in [2.45, 2.75) is 20.0 Å². The van der Waals surface area contributed by atoms with E-state index in [1.165, 1.54) is 0 Å². The molecule has 0 unspecified atom stereocenters. The van der Waals surface area contributed by atoms with E-state index >= 15 is 0 Å². The van der Waals surface area contributed by atoms with E-state index in [1.54, 1.807) is 36.6 Å². The lowest BCUT2D eigenvalue weighted by Crippen LogP contribution is -2.27. The number of aromatic nitrogens is 5. The molecule has 0 saturated heterocycles. The van der Waals surface area contributed by atoms with Gasteiger partial charge in [-0.3, -0.25) is 4.79 Å². The molecule has 0 spiro atoms. The Morgan fingerprint density at radius 1 is 1.31 bits per heavy atom. The molecule has 8 nitrogen and oxygen atoms in total. The van der Waals surface area contributed by atoms with Crippen molar-refractivity contribution in [1.29, 1.82) is 0 Å². The van der Waals surface area contributed by atoms with E-state index in [4.69, 9.17) is 4.74 Å². The van der Waals surface area contributed by atoms with Gasteiger partial charge < -0.3 is 19.2 Å². The summed E-state index contributed by atoms with van der Waals surface area (Å²) in [5, 5.41) is 3.98. The van der Waals surface area contributed by atoms with Gasteiger partial charge in [-0.25, -0.2) is 15.0 Å². The molecule has 0 atom stereocenters. The zero-order valence-corrected chi connectivity index (χ0v) is 16.6. The summed E-state index contributed by atoms with van der Waals surface area (Å²) in [6.07, 6.45) is 8.83. The monoisotopic (exact) mass is 390 g/mol. The van der Waals surface area contributed by atoms with E-state index in [0.29, 0.717) is 12.4 Å². The van der Waals surface area contributed by atoms with Crippen molar-refractivity contribution in [3.05, 3.63) is 60.7 Å². The molecule has 1 amide bonds. The molecule has 0 aliphatic carbocycles. The predicted octanol–water partition coefficient (Wildman–Crippen LogP) is 2.47. The minimum absolute atomic E-state index is 0.103. The summed E-state index contributed by atoms with van der Waals surface area (Å²) in [6.45, 7) is 2.41. The third kappa shape index (κ3) is 3.82. The normalized spacial score (nSPS) is 11.0. The Kier molecular flexibility index (Phi) is 4.99. The number of nitrogens with one attached hydrogen (secondary N) is 1. The minimum atomic E-state index is -0.103. The van der Waals surface area contributed by atoms with Gasteiger partial charge in [0.25, 0.3) is 0 Å². The molecule has 0 aliphatic heterocycles. The average Bonchev–Trinajstić information content (AvgIpc) is 3.34. The number of carbonyl (C=O) groups excluding carboxylic acids is 1. The highest BCUT2D eigenvalue weighted by atomic mass is 16.5. The van der Waals surface area contributed by atoms with Gasteiger partial charge in [-0.15, -0.1) is 0 Å². The molecule has 148 valence electrons. The number of fused-ring (bicyclic) bond motifs is 1. The van der Waals surface area contributed by atoms with Crippen molar-refractivity contribution in [2.75, 3.05) is 7.11 Å². The quantitative estimate of drug-likeness (QED) is 0.547. The standard InChI is InChI=1S/C21H22N6O2/c1-14-23-9-15(10-24-20(28)12-27-7-6-22-13-27)21(25-14)18-11-26(2)19-5-4-16(29-3)8-17(18)19/h4-9,11,13H,10,12H2,1-3H3,(H,24,28). The lowest BCUT2D eigenvalue weighted by molar-refractivity contribution is -0.121. The summed E-state index contributed by atoms with van der Waals surface area (Å²) < 4.78 is 9.18. The van der Waals surface area contributed by atoms with E-state index in [0.717, 1.165) is 33.5 Å². The minimum Gasteiger partial charge on any atom is -0.497 e. The average molecular weight is 390 g/mol. The first-order chi connectivity index (χ1) is 14.0. The van der Waals surface area contributed by atoms with Crippen LogP contribution in [0.25, 0.3) is 22.2 Å². The second kappa shape index (κ2) is 7.75. The Bertz CT molecular complexity index is 1160. The van der Waals surface area contributed by atoms with Crippen molar-refractivity contribution in [2.24, 2.45) is 7.05 Å². The molecule has 0 aliphatic rings. The molecular weight excluding hydrogens is 368 g/mol. The fourth-order valence-electron chi connectivity index (χ4n) is 3.34. The van der Waals surface area contributed by atoms with Crippen molar-refractivity contribution in [3.63, 3.8) is 0 Å². The molecule has 1 aromatic carbocycles. The van der Waals surface area contributed by atoms with Crippen LogP contribution in [-0.4, -0.2) is 37.1 Å². The van der Waals surface area contributed by atoms with Gasteiger partial charge in [-0.05, 0) is 25.1 Å². The highest BCUT2D eigenvalue weighted by Crippen LogP contribution is 2.33. The number of nitrogens with zero attached hydrogens (tertiary/aromatic N) is 5. The summed E-state index contributed by atoms with van der Waals surface area (Å²) in [6, 6.07) is 5.97. The summed E-state index contributed by atoms with van der Waals surface area (Å²) in [5.74, 6) is 1.36. The molecule has 0 fully saturated rings. The molecule has 29 heavy (non-hydrogen) atoms. The number of hydrogen-bond donors (Lipinski definition) is 1. The van der Waals surface area contributed by atoms with Crippen LogP contribution in [0.2, 0.25) is 0 Å². The first kappa shape index (κ1) is 18.7. The Morgan fingerprint density at radius 3 is 2.93 bits per heavy atom. The van der Waals surface area contributed by atoms with Gasteiger partial charge in [0.05, 0.1) is 19.1 Å². The van der Waals surface area contributed by atoms with Gasteiger partial charge in [-0.1, -0.05) is 0 Å². The second-order valence-electron chi connectivity index (χ2n) is 6.84. The fraction of sp³-hybridized carbons (Fsp3) is 0.238. The molecular formula is C21H22N6O2. The largest absolute Gasteiger partial charge is 0.497 e. The van der Waals surface area contributed by atoms with Crippen LogP contribution < -0.4 is 10.1 Å². The number of amides is 1. The van der Waals surface area contributed by atoms with Gasteiger partial charge in [0.2, 0.25) is 5.91 Å². The first-order valence-electron chi connectivity index (χ1n) is 9.23. The Balaban J connectivity index is 1.67. The van der Waals surface area contributed by atoms with Crippen molar-refractivity contribution in [3.8, 4) is 17.0 Å². The number of benzene rings is 1. The maximum absolute atomic E-state index is 12.3. The van der Waals surface area contributed by atoms with Crippen molar-refractivity contribution < 1.29 is 9.53 Å². The van der Waals surface area contributed by atoms with E-state index in [-0.39, 0.29) is 12.5 Å². The lowest BCUT2D eigenvalue weighted by atomic mass is 10.1. The molecule has 0 radical (unpaired) electrons. The molecule has 0 saturated carbocycles. The smallest absolute Gasteiger partial charge is 0.240 e. The van der Waals surface area contributed by atoms with Crippen LogP contribution >= 0.6 is 0 Å². The number of carbonyl (C=O) groups is 1. The predicted molar refractivity (Wildman–Crippen MR) is 109 cm³/mol. The van der Waals surface area contributed by atoms with E-state index in [1.807, 2.05) is 38.4 Å². The number of methoxy groups -OCH3 is 1. The summed E-state index contributed by atoms with van der Waals surface area (Å²) in [7, 11) is 3.65. The van der Waals surface area contributed by atoms with Crippen LogP contribution in [0.4, 0.5) is 0 Å². The Labute approximate surface area is 168 Å². The summed E-state index contributed by atoms with van der Waals surface area (Å²) in [5.41, 5.74) is 3.71. The number of ether oxygens (including phenoxy) is 1. The SMILES string of the molecule is COc1ccc2c(c1)c(-c1nc(C)ncc1CNC(=O)Cn1ccnc1)cn2C. The van der Waals surface area contributed by atoms with Gasteiger partial charge in [0, 0.05) is 60.4 Å². The Morgan fingerprint density at radius 2 is 2.17 bits per heavy atom. The zero-order chi connectivity index (χ0) is 20.4. The van der Waals surface area contributed by atoms with Crippen LogP contribution in [0.15, 0.2) is 49.3 Å². The van der Waals surface area contributed by atoms with Crippen LogP contribution in [0, 0.1) is 6.92 Å². The van der Waals surface area contributed by atoms with Crippen LogP contribution in [0.5, 0.6) is 5.75 Å². The lowest BCUT2D eigenvalue weighted by Gasteiger charge is -2.11. The topological polar surface area (TPSA) is 86.9 Å². The number of imidazole rings is 1. The van der Waals surface area contributed by atoms with Gasteiger partial charge in [0.1, 0.15) is 18.1 Å². The molecule has 1 N–H and O–H groups in total. The van der Waals surface area contributed by atoms with E-state index < -0.39 is 0 Å². The number of rotatable bonds is 6. The maximum atomic E-state index is 12.3. The van der Waals surface area contributed by atoms with E-state index in [9.17, 15) is 4.79 Å². The number of aryl methyl sites for hydroxylation is 2. The van der Waals surface area contributed by atoms with Crippen molar-refractivity contribution >= 4 is 16.8 Å². The molecule has 3 aromatic heterocycles. The number of hydrogen-bond acceptors (Lipinski definition) is 5. The van der Waals surface area contributed by atoms with Crippen molar-refractivity contribution in [1.82, 2.24) is 29.4 Å². The fourth-order valence-corrected chi connectivity index (χ4v) is 3.34. The molecule has 8 heteroatoms. The second-order valence-corrected chi connectivity index (χ2v) is 6.84. The van der Waals surface area contributed by atoms with Gasteiger partial charge >= 0.3 is 0 Å². The maximum Gasteiger partial charge on any atom is 0.240 e. The molecule has 4 rings (SSSR count). The van der Waals surface area contributed by atoms with Crippen LogP contribution in [0.3, 0.4) is 0 Å². The highest BCUT2D eigenvalue weighted by Gasteiger charge is 2.16. The van der Waals surface area contributed by atoms with E-state index in [2.05, 4.69) is 24.8 Å². The van der Waals surface area contributed by atoms with Crippen LogP contribution in [0.1, 0.15) is 11.4 Å². The first-order valence-corrected chi connectivity index (χ1v) is 9.23. The summed E-state index contributed by atoms with van der Waals surface area (Å²) in [4.78, 5) is 25.2. The third-order valence-corrected chi connectivity index (χ3v) is 4.80. The zero-order valence-electron chi connectivity index (χ0n) is 16.6. The third-order valence-electron chi connectivity index (χ3n) is 4.80. The highest BCUT2D eigenvalue weighted by molar-refractivity contribution is 5.96. The molecule has 4 aromatic rings. The van der Waals surface area contributed by atoms with Gasteiger partial charge in [0.15, 0.2) is 0 Å². The molecule has 3 heterocycles. The summed E-state index contributed by atoms with van der Waals surface area (Å²) >= 11 is 0. The van der Waals surface area contributed by atoms with Gasteiger partial charge in [-0.2, -0.15) is 0 Å². The molecule has 0 bridgehead atoms. The Hall–Kier alpha value is -3.68.